The summed E-state index contributed by atoms with van der Waals surface area (Å²) in [5.74, 6) is 0.897. The first-order valence-corrected chi connectivity index (χ1v) is 7.33. The van der Waals surface area contributed by atoms with E-state index in [0.29, 0.717) is 23.1 Å². The second-order valence-electron chi connectivity index (χ2n) is 4.53. The van der Waals surface area contributed by atoms with Crippen LogP contribution in [0.2, 0.25) is 10.0 Å². The Labute approximate surface area is 129 Å². The van der Waals surface area contributed by atoms with Crippen LogP contribution in [0.4, 0.5) is 0 Å². The van der Waals surface area contributed by atoms with Crippen molar-refractivity contribution in [1.29, 1.82) is 0 Å². The van der Waals surface area contributed by atoms with E-state index >= 15 is 0 Å². The maximum absolute atomic E-state index is 6.30. The summed E-state index contributed by atoms with van der Waals surface area (Å²) in [6.07, 6.45) is 1.67. The molecule has 1 aromatic heterocycles. The summed E-state index contributed by atoms with van der Waals surface area (Å²) in [6.45, 7) is 4.02. The zero-order valence-corrected chi connectivity index (χ0v) is 12.9. The molecule has 1 atom stereocenters. The Bertz CT molecular complexity index is 523. The molecule has 0 spiro atoms. The van der Waals surface area contributed by atoms with E-state index in [0.717, 1.165) is 17.9 Å². The Balaban J connectivity index is 2.29. The van der Waals surface area contributed by atoms with Gasteiger partial charge in [-0.15, -0.1) is 0 Å². The van der Waals surface area contributed by atoms with E-state index in [1.807, 2.05) is 30.3 Å². The van der Waals surface area contributed by atoms with Crippen LogP contribution in [0.1, 0.15) is 24.3 Å². The molecule has 0 aliphatic carbocycles. The minimum atomic E-state index is -0.0358. The van der Waals surface area contributed by atoms with Gasteiger partial charge in [-0.05, 0) is 30.8 Å². The number of furan rings is 1. The Morgan fingerprint density at radius 2 is 1.90 bits per heavy atom. The van der Waals surface area contributed by atoms with Gasteiger partial charge < -0.3 is 10.2 Å². The highest BCUT2D eigenvalue weighted by atomic mass is 35.5. The minimum Gasteiger partial charge on any atom is -0.468 e. The summed E-state index contributed by atoms with van der Waals surface area (Å²) in [5.41, 5.74) is 6.84. The van der Waals surface area contributed by atoms with Gasteiger partial charge in [-0.3, -0.25) is 4.90 Å². The van der Waals surface area contributed by atoms with Crippen LogP contribution < -0.4 is 5.73 Å². The lowest BCUT2D eigenvalue weighted by molar-refractivity contribution is 0.188. The van der Waals surface area contributed by atoms with Gasteiger partial charge in [0, 0.05) is 22.2 Å². The summed E-state index contributed by atoms with van der Waals surface area (Å²) in [5, 5.41) is 1.29. The number of benzene rings is 1. The number of nitrogens with two attached hydrogens (primary N) is 1. The van der Waals surface area contributed by atoms with Crippen LogP contribution in [0.15, 0.2) is 41.0 Å². The molecular formula is C15H18Cl2N2O. The molecule has 0 saturated carbocycles. The molecule has 20 heavy (non-hydrogen) atoms. The van der Waals surface area contributed by atoms with E-state index in [1.165, 1.54) is 0 Å². The summed E-state index contributed by atoms with van der Waals surface area (Å²) in [6, 6.07) is 9.31. The normalized spacial score (nSPS) is 12.8. The topological polar surface area (TPSA) is 42.4 Å². The molecule has 0 amide bonds. The summed E-state index contributed by atoms with van der Waals surface area (Å²) >= 11 is 12.6. The van der Waals surface area contributed by atoms with Gasteiger partial charge in [0.15, 0.2) is 0 Å². The molecular weight excluding hydrogens is 295 g/mol. The van der Waals surface area contributed by atoms with E-state index in [-0.39, 0.29) is 6.04 Å². The van der Waals surface area contributed by atoms with Crippen molar-refractivity contribution in [2.24, 2.45) is 5.73 Å². The second-order valence-corrected chi connectivity index (χ2v) is 5.34. The third-order valence-corrected chi connectivity index (χ3v) is 4.00. The fourth-order valence-corrected chi connectivity index (χ4v) is 2.97. The highest BCUT2D eigenvalue weighted by Crippen LogP contribution is 2.33. The van der Waals surface area contributed by atoms with Gasteiger partial charge in [0.2, 0.25) is 0 Å². The predicted octanol–water partition coefficient (Wildman–Crippen LogP) is 4.11. The number of nitrogens with zero attached hydrogens (tertiary/aromatic N) is 1. The molecule has 0 aliphatic rings. The Morgan fingerprint density at radius 3 is 2.40 bits per heavy atom. The largest absolute Gasteiger partial charge is 0.468 e. The van der Waals surface area contributed by atoms with E-state index < -0.39 is 0 Å². The monoisotopic (exact) mass is 312 g/mol. The van der Waals surface area contributed by atoms with Crippen LogP contribution >= 0.6 is 23.2 Å². The fraction of sp³-hybridized carbons (Fsp3) is 0.333. The van der Waals surface area contributed by atoms with Crippen LogP contribution in [-0.4, -0.2) is 18.0 Å². The molecule has 5 heteroatoms. The van der Waals surface area contributed by atoms with Gasteiger partial charge in [-0.25, -0.2) is 0 Å². The molecule has 2 aromatic rings. The highest BCUT2D eigenvalue weighted by molar-refractivity contribution is 6.36. The van der Waals surface area contributed by atoms with Crippen molar-refractivity contribution >= 4 is 23.2 Å². The Kier molecular flexibility index (Phi) is 5.49. The molecule has 108 valence electrons. The standard InChI is InChI=1S/C15H18Cl2N2O/c1-2-19(10-11-5-4-8-20-11)14(9-18)15-12(16)6-3-7-13(15)17/h3-8,14H,2,9-10,18H2,1H3. The summed E-state index contributed by atoms with van der Waals surface area (Å²) < 4.78 is 5.41. The number of hydrogen-bond acceptors (Lipinski definition) is 3. The van der Waals surface area contributed by atoms with Gasteiger partial charge in [0.1, 0.15) is 5.76 Å². The molecule has 0 saturated heterocycles. The molecule has 0 fully saturated rings. The lowest BCUT2D eigenvalue weighted by Gasteiger charge is -2.30. The number of halogens is 2. The summed E-state index contributed by atoms with van der Waals surface area (Å²) in [7, 11) is 0. The average molecular weight is 313 g/mol. The zero-order chi connectivity index (χ0) is 14.5. The second kappa shape index (κ2) is 7.14. The smallest absolute Gasteiger partial charge is 0.117 e. The van der Waals surface area contributed by atoms with E-state index in [9.17, 15) is 0 Å². The predicted molar refractivity (Wildman–Crippen MR) is 83.0 cm³/mol. The molecule has 1 heterocycles. The fourth-order valence-electron chi connectivity index (χ4n) is 2.32. The third-order valence-electron chi connectivity index (χ3n) is 3.34. The Morgan fingerprint density at radius 1 is 1.20 bits per heavy atom. The molecule has 2 rings (SSSR count). The van der Waals surface area contributed by atoms with Gasteiger partial charge in [0.25, 0.3) is 0 Å². The molecule has 2 N–H and O–H groups in total. The SMILES string of the molecule is CCN(Cc1ccco1)C(CN)c1c(Cl)cccc1Cl. The number of likely N-dealkylation sites (N-methyl/N-ethyl adjacent to an activating group) is 1. The van der Waals surface area contributed by atoms with Crippen LogP contribution in [0.5, 0.6) is 0 Å². The molecule has 0 radical (unpaired) electrons. The van der Waals surface area contributed by atoms with E-state index in [1.54, 1.807) is 6.26 Å². The van der Waals surface area contributed by atoms with Crippen molar-refractivity contribution in [3.8, 4) is 0 Å². The zero-order valence-electron chi connectivity index (χ0n) is 11.4. The van der Waals surface area contributed by atoms with Gasteiger partial charge in [0.05, 0.1) is 18.8 Å². The van der Waals surface area contributed by atoms with E-state index in [4.69, 9.17) is 33.4 Å². The minimum absolute atomic E-state index is 0.0358. The van der Waals surface area contributed by atoms with Crippen LogP contribution in [0.25, 0.3) is 0 Å². The number of rotatable bonds is 6. The first-order valence-electron chi connectivity index (χ1n) is 6.57. The molecule has 0 bridgehead atoms. The van der Waals surface area contributed by atoms with Crippen molar-refractivity contribution in [2.45, 2.75) is 19.5 Å². The van der Waals surface area contributed by atoms with Crippen LogP contribution in [0, 0.1) is 0 Å². The third kappa shape index (κ3) is 3.36. The van der Waals surface area contributed by atoms with Crippen LogP contribution in [-0.2, 0) is 6.54 Å². The first kappa shape index (κ1) is 15.4. The van der Waals surface area contributed by atoms with Crippen molar-refractivity contribution in [3.05, 3.63) is 58.0 Å². The molecule has 0 aliphatic heterocycles. The maximum Gasteiger partial charge on any atom is 0.117 e. The van der Waals surface area contributed by atoms with Crippen LogP contribution in [0.3, 0.4) is 0 Å². The van der Waals surface area contributed by atoms with Crippen molar-refractivity contribution in [3.63, 3.8) is 0 Å². The lowest BCUT2D eigenvalue weighted by atomic mass is 10.0. The van der Waals surface area contributed by atoms with Crippen molar-refractivity contribution < 1.29 is 4.42 Å². The van der Waals surface area contributed by atoms with E-state index in [2.05, 4.69) is 11.8 Å². The van der Waals surface area contributed by atoms with Gasteiger partial charge in [-0.2, -0.15) is 0 Å². The maximum atomic E-state index is 6.30. The highest BCUT2D eigenvalue weighted by Gasteiger charge is 2.23. The molecule has 1 aromatic carbocycles. The first-order chi connectivity index (χ1) is 9.67. The molecule has 1 unspecified atom stereocenters. The van der Waals surface area contributed by atoms with Crippen molar-refractivity contribution in [1.82, 2.24) is 4.90 Å². The number of hydrogen-bond donors (Lipinski definition) is 1. The molecule has 3 nitrogen and oxygen atoms in total. The van der Waals surface area contributed by atoms with Crippen molar-refractivity contribution in [2.75, 3.05) is 13.1 Å². The van der Waals surface area contributed by atoms with Gasteiger partial charge in [-0.1, -0.05) is 36.2 Å². The average Bonchev–Trinajstić information content (AvgIpc) is 2.94. The lowest BCUT2D eigenvalue weighted by Crippen LogP contribution is -2.33. The summed E-state index contributed by atoms with van der Waals surface area (Å²) in [4.78, 5) is 2.20. The quantitative estimate of drug-likeness (QED) is 0.873. The Hall–Kier alpha value is -1.00. The van der Waals surface area contributed by atoms with Gasteiger partial charge >= 0.3 is 0 Å².